The van der Waals surface area contributed by atoms with Crippen molar-refractivity contribution in [1.29, 1.82) is 0 Å². The third-order valence-electron chi connectivity index (χ3n) is 4.24. The number of para-hydroxylation sites is 1. The highest BCUT2D eigenvalue weighted by atomic mass is 19.1. The van der Waals surface area contributed by atoms with Crippen molar-refractivity contribution in [3.8, 4) is 11.5 Å². The zero-order valence-corrected chi connectivity index (χ0v) is 14.5. The quantitative estimate of drug-likeness (QED) is 0.642. The number of benzene rings is 3. The highest BCUT2D eigenvalue weighted by Crippen LogP contribution is 2.28. The van der Waals surface area contributed by atoms with Crippen LogP contribution in [-0.4, -0.2) is 16.2 Å². The molecule has 2 atom stereocenters. The molecule has 2 unspecified atom stereocenters. The smallest absolute Gasteiger partial charge is 0.309 e. The van der Waals surface area contributed by atoms with Gasteiger partial charge >= 0.3 is 5.97 Å². The highest BCUT2D eigenvalue weighted by Gasteiger charge is 2.28. The molecule has 0 radical (unpaired) electrons. The first-order valence-corrected chi connectivity index (χ1v) is 8.51. The zero-order valence-electron chi connectivity index (χ0n) is 14.5. The van der Waals surface area contributed by atoms with Crippen LogP contribution in [0.5, 0.6) is 11.5 Å². The Labute approximate surface area is 156 Å². The van der Waals surface area contributed by atoms with Gasteiger partial charge in [-0.05, 0) is 53.9 Å². The molecule has 0 aliphatic rings. The Morgan fingerprint density at radius 3 is 2.26 bits per heavy atom. The molecule has 2 N–H and O–H groups in total. The highest BCUT2D eigenvalue weighted by molar-refractivity contribution is 5.71. The number of rotatable bonds is 7. The normalized spacial score (nSPS) is 13.0. The van der Waals surface area contributed by atoms with Crippen molar-refractivity contribution in [2.45, 2.75) is 12.5 Å². The van der Waals surface area contributed by atoms with E-state index in [-0.39, 0.29) is 6.42 Å². The minimum absolute atomic E-state index is 0.111. The molecule has 0 spiro atoms. The lowest BCUT2D eigenvalue weighted by atomic mass is 9.90. The van der Waals surface area contributed by atoms with Crippen LogP contribution < -0.4 is 4.74 Å². The lowest BCUT2D eigenvalue weighted by Crippen LogP contribution is -2.24. The Kier molecular flexibility index (Phi) is 5.84. The topological polar surface area (TPSA) is 66.8 Å². The lowest BCUT2D eigenvalue weighted by molar-refractivity contribution is -0.145. The Morgan fingerprint density at radius 2 is 1.59 bits per heavy atom. The van der Waals surface area contributed by atoms with Crippen molar-refractivity contribution >= 4 is 5.97 Å². The van der Waals surface area contributed by atoms with E-state index >= 15 is 0 Å². The SMILES string of the molecule is O=C(O)C(Cc1cccc(Oc2ccccc2)c1)C(O)c1ccc(F)cc1. The van der Waals surface area contributed by atoms with Gasteiger partial charge in [0.25, 0.3) is 0 Å². The molecule has 3 aromatic rings. The van der Waals surface area contributed by atoms with Crippen molar-refractivity contribution in [2.75, 3.05) is 0 Å². The van der Waals surface area contributed by atoms with Crippen LogP contribution in [0.15, 0.2) is 78.9 Å². The molecule has 0 aliphatic carbocycles. The van der Waals surface area contributed by atoms with E-state index in [1.807, 2.05) is 30.3 Å². The summed E-state index contributed by atoms with van der Waals surface area (Å²) in [5, 5.41) is 20.0. The molecule has 0 amide bonds. The largest absolute Gasteiger partial charge is 0.481 e. The van der Waals surface area contributed by atoms with Crippen LogP contribution in [0, 0.1) is 11.7 Å². The van der Waals surface area contributed by atoms with E-state index in [2.05, 4.69) is 0 Å². The number of aliphatic carboxylic acids is 1. The molecule has 0 bridgehead atoms. The Hall–Kier alpha value is -3.18. The van der Waals surface area contributed by atoms with Gasteiger partial charge in [-0.15, -0.1) is 0 Å². The molecule has 0 saturated heterocycles. The van der Waals surface area contributed by atoms with Crippen LogP contribution in [0.1, 0.15) is 17.2 Å². The monoisotopic (exact) mass is 366 g/mol. The van der Waals surface area contributed by atoms with Gasteiger partial charge in [0.05, 0.1) is 12.0 Å². The first-order valence-electron chi connectivity index (χ1n) is 8.51. The fourth-order valence-corrected chi connectivity index (χ4v) is 2.84. The first-order chi connectivity index (χ1) is 13.0. The number of aliphatic hydroxyl groups excluding tert-OH is 1. The van der Waals surface area contributed by atoms with E-state index in [0.29, 0.717) is 17.1 Å². The molecular formula is C22H19FO4. The summed E-state index contributed by atoms with van der Waals surface area (Å²) in [6.45, 7) is 0. The molecule has 138 valence electrons. The molecule has 0 aliphatic heterocycles. The summed E-state index contributed by atoms with van der Waals surface area (Å²) in [5.41, 5.74) is 1.08. The molecule has 5 heteroatoms. The summed E-state index contributed by atoms with van der Waals surface area (Å²) in [6, 6.07) is 21.5. The predicted octanol–water partition coefficient (Wildman–Crippen LogP) is 4.59. The van der Waals surface area contributed by atoms with E-state index in [0.717, 1.165) is 5.56 Å². The Balaban J connectivity index is 1.77. The number of carboxylic acids is 1. The van der Waals surface area contributed by atoms with Crippen LogP contribution in [0.4, 0.5) is 4.39 Å². The van der Waals surface area contributed by atoms with Crippen LogP contribution in [-0.2, 0) is 11.2 Å². The average Bonchev–Trinajstić information content (AvgIpc) is 2.67. The summed E-state index contributed by atoms with van der Waals surface area (Å²) in [7, 11) is 0. The molecule has 4 nitrogen and oxygen atoms in total. The Morgan fingerprint density at radius 1 is 0.926 bits per heavy atom. The molecule has 3 rings (SSSR count). The van der Waals surface area contributed by atoms with Gasteiger partial charge in [-0.3, -0.25) is 4.79 Å². The van der Waals surface area contributed by atoms with Gasteiger partial charge in [0, 0.05) is 0 Å². The number of aliphatic hydroxyl groups is 1. The van der Waals surface area contributed by atoms with Gasteiger partial charge in [-0.1, -0.05) is 42.5 Å². The van der Waals surface area contributed by atoms with Crippen molar-refractivity contribution in [3.05, 3.63) is 95.8 Å². The number of hydrogen-bond donors (Lipinski definition) is 2. The number of hydrogen-bond acceptors (Lipinski definition) is 3. The number of halogens is 1. The second-order valence-electron chi connectivity index (χ2n) is 6.21. The van der Waals surface area contributed by atoms with Gasteiger partial charge < -0.3 is 14.9 Å². The van der Waals surface area contributed by atoms with Crippen LogP contribution >= 0.6 is 0 Å². The summed E-state index contributed by atoms with van der Waals surface area (Å²) < 4.78 is 18.8. The number of ether oxygens (including phenoxy) is 1. The van der Waals surface area contributed by atoms with E-state index in [1.165, 1.54) is 24.3 Å². The van der Waals surface area contributed by atoms with Crippen molar-refractivity contribution in [1.82, 2.24) is 0 Å². The van der Waals surface area contributed by atoms with Gasteiger partial charge in [0.2, 0.25) is 0 Å². The standard InChI is InChI=1S/C22H19FO4/c23-17-11-9-16(10-12-17)21(24)20(22(25)26)14-15-5-4-8-19(13-15)27-18-6-2-1-3-7-18/h1-13,20-21,24H,14H2,(H,25,26). The molecule has 0 fully saturated rings. The van der Waals surface area contributed by atoms with Crippen LogP contribution in [0.2, 0.25) is 0 Å². The minimum Gasteiger partial charge on any atom is -0.481 e. The second-order valence-corrected chi connectivity index (χ2v) is 6.21. The van der Waals surface area contributed by atoms with E-state index in [4.69, 9.17) is 4.74 Å². The first kappa shape index (κ1) is 18.6. The maximum absolute atomic E-state index is 13.1. The molecule has 0 heterocycles. The van der Waals surface area contributed by atoms with Gasteiger partial charge in [-0.2, -0.15) is 0 Å². The molecular weight excluding hydrogens is 347 g/mol. The summed E-state index contributed by atoms with van der Waals surface area (Å²) >= 11 is 0. The van der Waals surface area contributed by atoms with Crippen LogP contribution in [0.25, 0.3) is 0 Å². The lowest BCUT2D eigenvalue weighted by Gasteiger charge is -2.20. The van der Waals surface area contributed by atoms with E-state index in [9.17, 15) is 19.4 Å². The van der Waals surface area contributed by atoms with Crippen molar-refractivity contribution < 1.29 is 24.1 Å². The van der Waals surface area contributed by atoms with Gasteiger partial charge in [0.1, 0.15) is 17.3 Å². The number of carbonyl (C=O) groups is 1. The summed E-state index contributed by atoms with van der Waals surface area (Å²) in [6.07, 6.45) is -1.14. The zero-order chi connectivity index (χ0) is 19.2. The number of carboxylic acid groups (broad SMARTS) is 1. The third-order valence-corrected chi connectivity index (χ3v) is 4.24. The summed E-state index contributed by atoms with van der Waals surface area (Å²) in [5.74, 6) is -1.37. The maximum atomic E-state index is 13.1. The predicted molar refractivity (Wildman–Crippen MR) is 99.1 cm³/mol. The molecule has 0 aromatic heterocycles. The van der Waals surface area contributed by atoms with Gasteiger partial charge in [0.15, 0.2) is 0 Å². The fourth-order valence-electron chi connectivity index (χ4n) is 2.84. The van der Waals surface area contributed by atoms with Crippen LogP contribution in [0.3, 0.4) is 0 Å². The third kappa shape index (κ3) is 4.92. The average molecular weight is 366 g/mol. The second kappa shape index (κ2) is 8.47. The Bertz CT molecular complexity index is 894. The molecule has 27 heavy (non-hydrogen) atoms. The summed E-state index contributed by atoms with van der Waals surface area (Å²) in [4.78, 5) is 11.7. The minimum atomic E-state index is -1.25. The van der Waals surface area contributed by atoms with Crippen molar-refractivity contribution in [2.24, 2.45) is 5.92 Å². The molecule has 3 aromatic carbocycles. The van der Waals surface area contributed by atoms with E-state index in [1.54, 1.807) is 24.3 Å². The van der Waals surface area contributed by atoms with Gasteiger partial charge in [-0.25, -0.2) is 4.39 Å². The molecule has 0 saturated carbocycles. The fraction of sp³-hybridized carbons (Fsp3) is 0.136. The van der Waals surface area contributed by atoms with E-state index < -0.39 is 23.8 Å². The maximum Gasteiger partial charge on any atom is 0.309 e. The van der Waals surface area contributed by atoms with Crippen molar-refractivity contribution in [3.63, 3.8) is 0 Å².